The van der Waals surface area contributed by atoms with Crippen molar-refractivity contribution in [3.63, 3.8) is 0 Å². The Morgan fingerprint density at radius 3 is 2.69 bits per heavy atom. The number of aryl methyl sites for hydroxylation is 1. The second-order valence-corrected chi connectivity index (χ2v) is 4.62. The van der Waals surface area contributed by atoms with Crippen molar-refractivity contribution in [2.75, 3.05) is 5.73 Å². The largest absolute Gasteiger partial charge is 0.382 e. The third-order valence-electron chi connectivity index (χ3n) is 2.36. The fraction of sp³-hybridized carbons (Fsp3) is 0.0909. The first-order chi connectivity index (χ1) is 7.72. The first-order valence-corrected chi connectivity index (χ1v) is 5.73. The van der Waals surface area contributed by atoms with E-state index in [1.54, 1.807) is 10.7 Å². The first kappa shape index (κ1) is 9.35. The molecule has 80 valence electrons. The van der Waals surface area contributed by atoms with Crippen molar-refractivity contribution in [2.24, 2.45) is 0 Å². The van der Waals surface area contributed by atoms with Crippen molar-refractivity contribution in [1.29, 1.82) is 0 Å². The van der Waals surface area contributed by atoms with Gasteiger partial charge in [0.05, 0.1) is 6.20 Å². The smallest absolute Gasteiger partial charge is 0.214 e. The van der Waals surface area contributed by atoms with Gasteiger partial charge in [-0.25, -0.2) is 9.50 Å². The third kappa shape index (κ3) is 1.45. The number of benzene rings is 1. The summed E-state index contributed by atoms with van der Waals surface area (Å²) >= 11 is 1.54. The Morgan fingerprint density at radius 1 is 1.25 bits per heavy atom. The number of hydrogen-bond donors (Lipinski definition) is 1. The number of anilines is 1. The Balaban J connectivity index is 2.11. The molecule has 0 bridgehead atoms. The van der Waals surface area contributed by atoms with Crippen molar-refractivity contribution >= 4 is 22.1 Å². The van der Waals surface area contributed by atoms with Crippen LogP contribution in [0.2, 0.25) is 0 Å². The molecule has 0 atom stereocenters. The summed E-state index contributed by atoms with van der Waals surface area (Å²) in [6.07, 6.45) is 1.73. The fourth-order valence-corrected chi connectivity index (χ4v) is 2.42. The topological polar surface area (TPSA) is 56.2 Å². The van der Waals surface area contributed by atoms with E-state index in [2.05, 4.69) is 41.3 Å². The number of hydrogen-bond acceptors (Lipinski definition) is 4. The van der Waals surface area contributed by atoms with E-state index in [9.17, 15) is 0 Å². The van der Waals surface area contributed by atoms with Gasteiger partial charge in [-0.3, -0.25) is 0 Å². The molecule has 2 N–H and O–H groups in total. The molecule has 3 aromatic rings. The lowest BCUT2D eigenvalue weighted by molar-refractivity contribution is 0.979. The number of rotatable bonds is 1. The quantitative estimate of drug-likeness (QED) is 0.698. The van der Waals surface area contributed by atoms with Gasteiger partial charge in [-0.2, -0.15) is 5.10 Å². The molecular formula is C11H10N4S. The second-order valence-electron chi connectivity index (χ2n) is 3.67. The summed E-state index contributed by atoms with van der Waals surface area (Å²) in [6.45, 7) is 2.07. The van der Waals surface area contributed by atoms with E-state index in [0.717, 1.165) is 15.5 Å². The van der Waals surface area contributed by atoms with Crippen LogP contribution < -0.4 is 5.73 Å². The monoisotopic (exact) mass is 230 g/mol. The Kier molecular flexibility index (Phi) is 1.94. The zero-order chi connectivity index (χ0) is 11.1. The molecule has 1 aromatic carbocycles. The van der Waals surface area contributed by atoms with Gasteiger partial charge in [0, 0.05) is 5.56 Å². The van der Waals surface area contributed by atoms with E-state index in [0.29, 0.717) is 5.82 Å². The SMILES string of the molecule is Cc1ccc(-c2nn3cc(N)nc3s2)cc1. The summed E-state index contributed by atoms with van der Waals surface area (Å²) in [5.41, 5.74) is 7.93. The third-order valence-corrected chi connectivity index (χ3v) is 3.33. The number of nitrogens with two attached hydrogens (primary N) is 1. The summed E-state index contributed by atoms with van der Waals surface area (Å²) in [5.74, 6) is 0.509. The summed E-state index contributed by atoms with van der Waals surface area (Å²) in [7, 11) is 0. The van der Waals surface area contributed by atoms with Gasteiger partial charge in [0.1, 0.15) is 10.8 Å². The molecule has 0 saturated carbocycles. The lowest BCUT2D eigenvalue weighted by Crippen LogP contribution is -1.84. The maximum absolute atomic E-state index is 5.58. The van der Waals surface area contributed by atoms with Gasteiger partial charge >= 0.3 is 0 Å². The van der Waals surface area contributed by atoms with E-state index in [4.69, 9.17) is 5.73 Å². The Hall–Kier alpha value is -1.88. The van der Waals surface area contributed by atoms with Gasteiger partial charge < -0.3 is 5.73 Å². The average Bonchev–Trinajstić information content (AvgIpc) is 2.75. The van der Waals surface area contributed by atoms with Gasteiger partial charge in [-0.1, -0.05) is 41.2 Å². The van der Waals surface area contributed by atoms with Crippen LogP contribution in [0, 0.1) is 6.92 Å². The van der Waals surface area contributed by atoms with Crippen molar-refractivity contribution in [2.45, 2.75) is 6.92 Å². The lowest BCUT2D eigenvalue weighted by atomic mass is 10.2. The fourth-order valence-electron chi connectivity index (χ4n) is 1.53. The standard InChI is InChI=1S/C11H10N4S/c1-7-2-4-8(5-3-7)10-14-15-6-9(12)13-11(15)16-10/h2-6H,12H2,1H3. The van der Waals surface area contributed by atoms with Crippen LogP contribution in [0.25, 0.3) is 15.5 Å². The highest BCUT2D eigenvalue weighted by Gasteiger charge is 2.07. The Labute approximate surface area is 96.4 Å². The summed E-state index contributed by atoms with van der Waals surface area (Å²) in [6, 6.07) is 8.29. The van der Waals surface area contributed by atoms with Crippen molar-refractivity contribution in [1.82, 2.24) is 14.6 Å². The van der Waals surface area contributed by atoms with Crippen molar-refractivity contribution < 1.29 is 0 Å². The van der Waals surface area contributed by atoms with E-state index < -0.39 is 0 Å². The van der Waals surface area contributed by atoms with Crippen LogP contribution in [-0.4, -0.2) is 14.6 Å². The van der Waals surface area contributed by atoms with E-state index in [1.165, 1.54) is 16.9 Å². The van der Waals surface area contributed by atoms with Crippen LogP contribution >= 0.6 is 11.3 Å². The molecule has 0 aliphatic rings. The molecule has 0 unspecified atom stereocenters. The van der Waals surface area contributed by atoms with Gasteiger partial charge in [0.15, 0.2) is 0 Å². The van der Waals surface area contributed by atoms with Crippen molar-refractivity contribution in [3.05, 3.63) is 36.0 Å². The zero-order valence-corrected chi connectivity index (χ0v) is 9.53. The van der Waals surface area contributed by atoms with Gasteiger partial charge in [0.2, 0.25) is 4.96 Å². The Bertz CT molecular complexity index is 604. The zero-order valence-electron chi connectivity index (χ0n) is 8.71. The number of fused-ring (bicyclic) bond motifs is 1. The predicted molar refractivity (Wildman–Crippen MR) is 65.4 cm³/mol. The molecule has 0 aliphatic carbocycles. The molecule has 0 spiro atoms. The van der Waals surface area contributed by atoms with E-state index >= 15 is 0 Å². The van der Waals surface area contributed by atoms with Gasteiger partial charge in [0.25, 0.3) is 0 Å². The van der Waals surface area contributed by atoms with E-state index in [-0.39, 0.29) is 0 Å². The minimum atomic E-state index is 0.509. The molecule has 4 nitrogen and oxygen atoms in total. The normalized spacial score (nSPS) is 11.1. The molecule has 16 heavy (non-hydrogen) atoms. The number of aromatic nitrogens is 3. The van der Waals surface area contributed by atoms with Crippen LogP contribution in [0.3, 0.4) is 0 Å². The highest BCUT2D eigenvalue weighted by atomic mass is 32.1. The number of imidazole rings is 1. The van der Waals surface area contributed by atoms with Crippen LogP contribution in [0.15, 0.2) is 30.5 Å². The molecular weight excluding hydrogens is 220 g/mol. The van der Waals surface area contributed by atoms with Crippen LogP contribution in [0.4, 0.5) is 5.82 Å². The summed E-state index contributed by atoms with van der Waals surface area (Å²) < 4.78 is 1.72. The highest BCUT2D eigenvalue weighted by molar-refractivity contribution is 7.19. The molecule has 0 aliphatic heterocycles. The number of nitrogens with zero attached hydrogens (tertiary/aromatic N) is 3. The van der Waals surface area contributed by atoms with Crippen LogP contribution in [-0.2, 0) is 0 Å². The van der Waals surface area contributed by atoms with Gasteiger partial charge in [-0.05, 0) is 6.92 Å². The summed E-state index contributed by atoms with van der Waals surface area (Å²) in [5, 5.41) is 5.39. The Morgan fingerprint density at radius 2 is 2.00 bits per heavy atom. The van der Waals surface area contributed by atoms with E-state index in [1.807, 2.05) is 0 Å². The minimum Gasteiger partial charge on any atom is -0.382 e. The molecule has 0 saturated heterocycles. The first-order valence-electron chi connectivity index (χ1n) is 4.91. The predicted octanol–water partition coefficient (Wildman–Crippen LogP) is 2.35. The second kappa shape index (κ2) is 3.31. The van der Waals surface area contributed by atoms with Crippen LogP contribution in [0.5, 0.6) is 0 Å². The lowest BCUT2D eigenvalue weighted by Gasteiger charge is -1.95. The molecule has 0 radical (unpaired) electrons. The highest BCUT2D eigenvalue weighted by Crippen LogP contribution is 2.25. The maximum atomic E-state index is 5.58. The molecule has 3 rings (SSSR count). The molecule has 0 amide bonds. The minimum absolute atomic E-state index is 0.509. The average molecular weight is 230 g/mol. The van der Waals surface area contributed by atoms with Gasteiger partial charge in [-0.15, -0.1) is 0 Å². The maximum Gasteiger partial charge on any atom is 0.214 e. The van der Waals surface area contributed by atoms with Crippen molar-refractivity contribution in [3.8, 4) is 10.6 Å². The molecule has 2 heterocycles. The molecule has 5 heteroatoms. The van der Waals surface area contributed by atoms with Crippen LogP contribution in [0.1, 0.15) is 5.56 Å². The number of nitrogen functional groups attached to an aromatic ring is 1. The molecule has 0 fully saturated rings. The summed E-state index contributed by atoms with van der Waals surface area (Å²) in [4.78, 5) is 5.00. The molecule has 2 aromatic heterocycles.